The lowest BCUT2D eigenvalue weighted by Crippen LogP contribution is -2.50. The number of carbonyl (C=O) groups excluding carboxylic acids is 4. The predicted octanol–water partition coefficient (Wildman–Crippen LogP) is 6.60. The van der Waals surface area contributed by atoms with Crippen molar-refractivity contribution >= 4 is 46.2 Å². The van der Waals surface area contributed by atoms with Gasteiger partial charge in [0.25, 0.3) is 0 Å². The van der Waals surface area contributed by atoms with E-state index in [4.69, 9.17) is 9.47 Å². The number of aromatic amines is 1. The van der Waals surface area contributed by atoms with Gasteiger partial charge in [0.05, 0.1) is 18.7 Å². The first kappa shape index (κ1) is 36.6. The maximum absolute atomic E-state index is 14.3. The van der Waals surface area contributed by atoms with Crippen molar-refractivity contribution in [2.45, 2.75) is 56.2 Å². The SMILES string of the molecule is C[C@]1(C(=O)[C@H](Cc2ccccc2)NC(=O)[C@@H](CC(=O)[C@H](CSCc2ccccc2)NC(=O)OCc2ccccc2)Cc2c[nH]c3ccccc23)CO1. The quantitative estimate of drug-likeness (QED) is 0.0872. The summed E-state index contributed by atoms with van der Waals surface area (Å²) in [6.45, 7) is 2.07. The Bertz CT molecular complexity index is 1960. The van der Waals surface area contributed by atoms with Crippen LogP contribution in [-0.4, -0.2) is 58.6 Å². The summed E-state index contributed by atoms with van der Waals surface area (Å²) in [5, 5.41) is 6.74. The first-order valence-electron chi connectivity index (χ1n) is 17.5. The molecule has 0 unspecified atom stereocenters. The fourth-order valence-corrected chi connectivity index (χ4v) is 7.22. The second-order valence-corrected chi connectivity index (χ2v) is 14.4. The molecule has 0 spiro atoms. The smallest absolute Gasteiger partial charge is 0.408 e. The summed E-state index contributed by atoms with van der Waals surface area (Å²) in [7, 11) is 0. The van der Waals surface area contributed by atoms with E-state index in [1.807, 2.05) is 121 Å². The predicted molar refractivity (Wildman–Crippen MR) is 203 cm³/mol. The molecule has 268 valence electrons. The van der Waals surface area contributed by atoms with Crippen molar-refractivity contribution in [2.24, 2.45) is 5.92 Å². The zero-order valence-electron chi connectivity index (χ0n) is 29.1. The molecule has 0 bridgehead atoms. The number of hydrogen-bond acceptors (Lipinski definition) is 7. The first-order chi connectivity index (χ1) is 25.3. The molecule has 0 saturated carbocycles. The lowest BCUT2D eigenvalue weighted by atomic mass is 9.89. The van der Waals surface area contributed by atoms with Gasteiger partial charge in [-0.3, -0.25) is 14.4 Å². The van der Waals surface area contributed by atoms with Crippen LogP contribution in [0.1, 0.15) is 35.6 Å². The molecule has 6 rings (SSSR count). The average Bonchev–Trinajstić information content (AvgIpc) is 3.80. The summed E-state index contributed by atoms with van der Waals surface area (Å²) >= 11 is 1.51. The zero-order valence-corrected chi connectivity index (χ0v) is 29.9. The number of H-pyrrole nitrogens is 1. The number of benzene rings is 4. The second-order valence-electron chi connectivity index (χ2n) is 13.3. The van der Waals surface area contributed by atoms with Gasteiger partial charge in [-0.15, -0.1) is 0 Å². The standard InChI is InChI=1S/C42H43N3O6S/c1-42(28-51-42)39(47)36(21-29-13-5-2-6-14-29)44-40(48)32(22-33-24-43-35-20-12-11-19-34(33)35)23-38(46)37(27-52-26-31-17-9-4-10-18-31)45-41(49)50-25-30-15-7-3-8-16-30/h2-20,24,32,36-37,43H,21-23,25-28H2,1H3,(H,44,48)(H,45,49)/t32-,36+,37+,42-/m1/s1. The van der Waals surface area contributed by atoms with E-state index in [1.165, 1.54) is 11.8 Å². The maximum Gasteiger partial charge on any atom is 0.408 e. The van der Waals surface area contributed by atoms with Gasteiger partial charge < -0.3 is 25.1 Å². The molecular formula is C42H43N3O6S. The Kier molecular flexibility index (Phi) is 12.2. The maximum atomic E-state index is 14.3. The van der Waals surface area contributed by atoms with Gasteiger partial charge in [0.15, 0.2) is 11.6 Å². The van der Waals surface area contributed by atoms with Gasteiger partial charge in [-0.2, -0.15) is 11.8 Å². The molecule has 1 aromatic heterocycles. The summed E-state index contributed by atoms with van der Waals surface area (Å²) in [5.74, 6) is -0.857. The number of ketones is 2. The highest BCUT2D eigenvalue weighted by atomic mass is 32.2. The third-order valence-corrected chi connectivity index (χ3v) is 10.4. The van der Waals surface area contributed by atoms with Crippen molar-refractivity contribution in [3.63, 3.8) is 0 Å². The van der Waals surface area contributed by atoms with E-state index in [2.05, 4.69) is 15.6 Å². The zero-order chi connectivity index (χ0) is 36.3. The topological polar surface area (TPSA) is 130 Å². The monoisotopic (exact) mass is 717 g/mol. The Balaban J connectivity index is 1.22. The highest BCUT2D eigenvalue weighted by molar-refractivity contribution is 7.98. The van der Waals surface area contributed by atoms with Crippen LogP contribution in [0.3, 0.4) is 0 Å². The number of epoxide rings is 1. The van der Waals surface area contributed by atoms with Crippen LogP contribution in [0.5, 0.6) is 0 Å². The third kappa shape index (κ3) is 9.98. The van der Waals surface area contributed by atoms with E-state index < -0.39 is 35.6 Å². The second kappa shape index (κ2) is 17.4. The van der Waals surface area contributed by atoms with Crippen LogP contribution in [0.4, 0.5) is 4.79 Å². The summed E-state index contributed by atoms with van der Waals surface area (Å²) in [4.78, 5) is 58.5. The van der Waals surface area contributed by atoms with Crippen LogP contribution in [0.25, 0.3) is 10.9 Å². The molecule has 1 aliphatic rings. The molecule has 1 aliphatic heterocycles. The number of para-hydroxylation sites is 1. The number of hydrogen-bond donors (Lipinski definition) is 3. The Labute approximate surface area is 307 Å². The van der Waals surface area contributed by atoms with Crippen LogP contribution in [-0.2, 0) is 49.1 Å². The van der Waals surface area contributed by atoms with E-state index in [9.17, 15) is 19.2 Å². The normalized spacial score (nSPS) is 16.7. The van der Waals surface area contributed by atoms with Gasteiger partial charge in [-0.05, 0) is 48.1 Å². The van der Waals surface area contributed by atoms with Crippen molar-refractivity contribution in [1.82, 2.24) is 15.6 Å². The molecule has 2 amide bonds. The fraction of sp³-hybridized carbons (Fsp3) is 0.286. The van der Waals surface area contributed by atoms with Gasteiger partial charge in [0.2, 0.25) is 5.91 Å². The average molecular weight is 718 g/mol. The molecule has 9 nitrogen and oxygen atoms in total. The lowest BCUT2D eigenvalue weighted by molar-refractivity contribution is -0.134. The van der Waals surface area contributed by atoms with Gasteiger partial charge in [-0.1, -0.05) is 109 Å². The summed E-state index contributed by atoms with van der Waals surface area (Å²) in [6, 6.07) is 34.7. The van der Waals surface area contributed by atoms with E-state index in [0.29, 0.717) is 12.4 Å². The largest absolute Gasteiger partial charge is 0.445 e. The molecule has 5 aromatic rings. The molecule has 2 heterocycles. The molecule has 0 aliphatic carbocycles. The Morgan fingerprint density at radius 1 is 0.788 bits per heavy atom. The molecule has 1 saturated heterocycles. The number of ether oxygens (including phenoxy) is 2. The third-order valence-electron chi connectivity index (χ3n) is 9.26. The summed E-state index contributed by atoms with van der Waals surface area (Å²) in [6.07, 6.45) is 1.50. The van der Waals surface area contributed by atoms with Crippen molar-refractivity contribution in [2.75, 3.05) is 12.4 Å². The molecule has 4 aromatic carbocycles. The summed E-state index contributed by atoms with van der Waals surface area (Å²) in [5.41, 5.74) is 3.63. The Morgan fingerprint density at radius 2 is 1.40 bits per heavy atom. The summed E-state index contributed by atoms with van der Waals surface area (Å²) < 4.78 is 11.0. The number of nitrogens with one attached hydrogen (secondary N) is 3. The molecular weight excluding hydrogens is 675 g/mol. The number of thioether (sulfide) groups is 1. The fourth-order valence-electron chi connectivity index (χ4n) is 6.17. The van der Waals surface area contributed by atoms with Crippen LogP contribution in [0.15, 0.2) is 121 Å². The number of alkyl carbamates (subject to hydrolysis) is 1. The highest BCUT2D eigenvalue weighted by Gasteiger charge is 2.50. The van der Waals surface area contributed by atoms with E-state index in [-0.39, 0.29) is 43.2 Å². The minimum atomic E-state index is -0.958. The van der Waals surface area contributed by atoms with Gasteiger partial charge in [0.1, 0.15) is 12.2 Å². The van der Waals surface area contributed by atoms with Gasteiger partial charge in [0, 0.05) is 40.9 Å². The van der Waals surface area contributed by atoms with E-state index in [0.717, 1.165) is 33.2 Å². The number of carbonyl (C=O) groups is 4. The van der Waals surface area contributed by atoms with Crippen LogP contribution < -0.4 is 10.6 Å². The molecule has 10 heteroatoms. The van der Waals surface area contributed by atoms with Gasteiger partial charge in [-0.25, -0.2) is 4.79 Å². The Morgan fingerprint density at radius 3 is 2.08 bits per heavy atom. The lowest BCUT2D eigenvalue weighted by Gasteiger charge is -2.25. The van der Waals surface area contributed by atoms with E-state index in [1.54, 1.807) is 6.92 Å². The number of amides is 2. The number of fused-ring (bicyclic) bond motifs is 1. The molecule has 0 radical (unpaired) electrons. The van der Waals surface area contributed by atoms with Crippen molar-refractivity contribution in [3.8, 4) is 0 Å². The first-order valence-corrected chi connectivity index (χ1v) is 18.6. The van der Waals surface area contributed by atoms with Crippen molar-refractivity contribution in [1.29, 1.82) is 0 Å². The highest BCUT2D eigenvalue weighted by Crippen LogP contribution is 2.30. The molecule has 52 heavy (non-hydrogen) atoms. The minimum absolute atomic E-state index is 0.0514. The van der Waals surface area contributed by atoms with E-state index >= 15 is 0 Å². The molecule has 4 atom stereocenters. The van der Waals surface area contributed by atoms with Crippen LogP contribution in [0, 0.1) is 5.92 Å². The van der Waals surface area contributed by atoms with Gasteiger partial charge >= 0.3 is 6.09 Å². The van der Waals surface area contributed by atoms with Crippen LogP contribution >= 0.6 is 11.8 Å². The minimum Gasteiger partial charge on any atom is -0.445 e. The molecule has 1 fully saturated rings. The molecule has 3 N–H and O–H groups in total. The number of aromatic nitrogens is 1. The number of rotatable bonds is 18. The van der Waals surface area contributed by atoms with Crippen LogP contribution in [0.2, 0.25) is 0 Å². The van der Waals surface area contributed by atoms with Crippen molar-refractivity contribution < 1.29 is 28.7 Å². The number of Topliss-reactive ketones (excluding diaryl/α,β-unsaturated/α-hetero) is 2. The Hall–Kier alpha value is -5.19. The van der Waals surface area contributed by atoms with Crippen molar-refractivity contribution in [3.05, 3.63) is 144 Å².